The van der Waals surface area contributed by atoms with Gasteiger partial charge < -0.3 is 25.0 Å². The van der Waals surface area contributed by atoms with Crippen molar-refractivity contribution in [3.63, 3.8) is 0 Å². The number of carbonyl (C=O) groups excluding carboxylic acids is 1. The predicted octanol–water partition coefficient (Wildman–Crippen LogP) is 4.18. The molecule has 1 heterocycles. The van der Waals surface area contributed by atoms with Crippen molar-refractivity contribution in [3.8, 4) is 0 Å². The van der Waals surface area contributed by atoms with Crippen LogP contribution >= 0.6 is 24.0 Å². The third-order valence-electron chi connectivity index (χ3n) is 4.73. The quantitative estimate of drug-likeness (QED) is 0.200. The van der Waals surface area contributed by atoms with Crippen LogP contribution in [0.5, 0.6) is 0 Å². The van der Waals surface area contributed by atoms with Crippen molar-refractivity contribution in [1.29, 1.82) is 0 Å². The van der Waals surface area contributed by atoms with Gasteiger partial charge in [0.25, 0.3) is 0 Å². The zero-order valence-electron chi connectivity index (χ0n) is 19.9. The molecule has 0 aromatic heterocycles. The molecule has 0 bridgehead atoms. The van der Waals surface area contributed by atoms with Crippen molar-refractivity contribution in [3.05, 3.63) is 11.6 Å². The van der Waals surface area contributed by atoms with E-state index in [0.717, 1.165) is 58.1 Å². The average Bonchev–Trinajstić information content (AvgIpc) is 2.63. The van der Waals surface area contributed by atoms with Crippen LogP contribution < -0.4 is 10.6 Å². The number of nitrogens with zero attached hydrogens (tertiary/aromatic N) is 2. The maximum absolute atomic E-state index is 12.1. The van der Waals surface area contributed by atoms with E-state index in [-0.39, 0.29) is 36.1 Å². The SMILES string of the molecule is CCNC(=NCCC1=CCOCC1)N(C)CCC(NC(=O)OC(C)(C)C)C(C)C.I. The number of alkyl carbamates (subject to hydrolysis) is 1. The number of aliphatic imine (C=N–C) groups is 1. The Balaban J connectivity index is 0.00000841. The van der Waals surface area contributed by atoms with Gasteiger partial charge in [0, 0.05) is 32.7 Å². The summed E-state index contributed by atoms with van der Waals surface area (Å²) in [5.41, 5.74) is 0.938. The van der Waals surface area contributed by atoms with Gasteiger partial charge in [0.05, 0.1) is 13.2 Å². The molecule has 0 saturated heterocycles. The zero-order valence-corrected chi connectivity index (χ0v) is 22.2. The Morgan fingerprint density at radius 1 is 1.37 bits per heavy atom. The fourth-order valence-electron chi connectivity index (χ4n) is 3.04. The Morgan fingerprint density at radius 3 is 2.60 bits per heavy atom. The van der Waals surface area contributed by atoms with Crippen molar-refractivity contribution in [2.24, 2.45) is 10.9 Å². The van der Waals surface area contributed by atoms with Gasteiger partial charge in [0.1, 0.15) is 5.60 Å². The molecule has 0 saturated carbocycles. The first-order valence-corrected chi connectivity index (χ1v) is 10.9. The lowest BCUT2D eigenvalue weighted by atomic mass is 10.0. The summed E-state index contributed by atoms with van der Waals surface area (Å²) < 4.78 is 10.8. The minimum absolute atomic E-state index is 0. The molecule has 0 radical (unpaired) electrons. The molecule has 1 unspecified atom stereocenters. The molecule has 0 spiro atoms. The van der Waals surface area contributed by atoms with Gasteiger partial charge in [-0.15, -0.1) is 24.0 Å². The molecule has 30 heavy (non-hydrogen) atoms. The zero-order chi connectivity index (χ0) is 21.9. The summed E-state index contributed by atoms with van der Waals surface area (Å²) in [5, 5.41) is 6.38. The lowest BCUT2D eigenvalue weighted by molar-refractivity contribution is 0.0486. The average molecular weight is 539 g/mol. The maximum atomic E-state index is 12.1. The first-order valence-electron chi connectivity index (χ1n) is 10.9. The fraction of sp³-hybridized carbons (Fsp3) is 0.818. The molecule has 7 nitrogen and oxygen atoms in total. The number of ether oxygens (including phenoxy) is 2. The first kappa shape index (κ1) is 29.0. The minimum Gasteiger partial charge on any atom is -0.444 e. The van der Waals surface area contributed by atoms with Gasteiger partial charge in [-0.25, -0.2) is 4.79 Å². The minimum atomic E-state index is -0.493. The van der Waals surface area contributed by atoms with Crippen LogP contribution in [0.4, 0.5) is 4.79 Å². The highest BCUT2D eigenvalue weighted by Crippen LogP contribution is 2.13. The van der Waals surface area contributed by atoms with Crippen LogP contribution in [-0.4, -0.2) is 68.5 Å². The molecule has 8 heteroatoms. The molecular weight excluding hydrogens is 495 g/mol. The Hall–Kier alpha value is -1.03. The van der Waals surface area contributed by atoms with E-state index >= 15 is 0 Å². The Morgan fingerprint density at radius 2 is 2.07 bits per heavy atom. The van der Waals surface area contributed by atoms with E-state index in [0.29, 0.717) is 5.92 Å². The molecule has 176 valence electrons. The molecule has 1 amide bonds. The second-order valence-corrected chi connectivity index (χ2v) is 8.88. The van der Waals surface area contributed by atoms with Crippen LogP contribution in [0.3, 0.4) is 0 Å². The highest BCUT2D eigenvalue weighted by molar-refractivity contribution is 14.0. The normalized spacial score (nSPS) is 15.7. The van der Waals surface area contributed by atoms with Crippen LogP contribution in [0, 0.1) is 5.92 Å². The first-order chi connectivity index (χ1) is 13.6. The molecule has 1 aliphatic heterocycles. The van der Waals surface area contributed by atoms with E-state index in [1.165, 1.54) is 5.57 Å². The summed E-state index contributed by atoms with van der Waals surface area (Å²) >= 11 is 0. The summed E-state index contributed by atoms with van der Waals surface area (Å²) in [4.78, 5) is 19.1. The second-order valence-electron chi connectivity index (χ2n) is 8.88. The molecule has 1 rings (SSSR count). The van der Waals surface area contributed by atoms with Gasteiger partial charge in [-0.05, 0) is 52.9 Å². The smallest absolute Gasteiger partial charge is 0.407 e. The van der Waals surface area contributed by atoms with E-state index < -0.39 is 5.60 Å². The van der Waals surface area contributed by atoms with Crippen molar-refractivity contribution < 1.29 is 14.3 Å². The van der Waals surface area contributed by atoms with Crippen molar-refractivity contribution in [2.75, 3.05) is 39.9 Å². The largest absolute Gasteiger partial charge is 0.444 e. The Labute approximate surface area is 200 Å². The van der Waals surface area contributed by atoms with Crippen LogP contribution in [0.15, 0.2) is 16.6 Å². The highest BCUT2D eigenvalue weighted by atomic mass is 127. The second kappa shape index (κ2) is 14.9. The van der Waals surface area contributed by atoms with Gasteiger partial charge in [0.15, 0.2) is 5.96 Å². The summed E-state index contributed by atoms with van der Waals surface area (Å²) in [6.07, 6.45) is 4.62. The molecule has 2 N–H and O–H groups in total. The van der Waals surface area contributed by atoms with Crippen LogP contribution in [0.25, 0.3) is 0 Å². The van der Waals surface area contributed by atoms with Gasteiger partial charge >= 0.3 is 6.09 Å². The fourth-order valence-corrected chi connectivity index (χ4v) is 3.04. The predicted molar refractivity (Wildman–Crippen MR) is 135 cm³/mol. The number of nitrogens with one attached hydrogen (secondary N) is 2. The van der Waals surface area contributed by atoms with Crippen molar-refractivity contribution in [1.82, 2.24) is 15.5 Å². The molecule has 0 fully saturated rings. The topological polar surface area (TPSA) is 75.2 Å². The molecule has 0 aromatic rings. The van der Waals surface area contributed by atoms with Crippen molar-refractivity contribution >= 4 is 36.0 Å². The van der Waals surface area contributed by atoms with E-state index in [4.69, 9.17) is 14.5 Å². The van der Waals surface area contributed by atoms with Gasteiger partial charge in [-0.2, -0.15) is 0 Å². The molecule has 0 aromatic carbocycles. The van der Waals surface area contributed by atoms with E-state index in [9.17, 15) is 4.79 Å². The number of guanidine groups is 1. The van der Waals surface area contributed by atoms with Crippen LogP contribution in [-0.2, 0) is 9.47 Å². The summed E-state index contributed by atoms with van der Waals surface area (Å²) in [6.45, 7) is 15.8. The summed E-state index contributed by atoms with van der Waals surface area (Å²) in [7, 11) is 2.04. The number of amides is 1. The summed E-state index contributed by atoms with van der Waals surface area (Å²) in [5.74, 6) is 1.22. The van der Waals surface area contributed by atoms with E-state index in [2.05, 4.69) is 42.4 Å². The van der Waals surface area contributed by atoms with E-state index in [1.54, 1.807) is 0 Å². The Kier molecular flexibility index (Phi) is 14.4. The standard InChI is InChI=1S/C22H42N4O3.HI/c1-8-23-20(24-13-9-18-11-15-28-16-12-18)26(7)14-10-19(17(2)3)25-21(27)29-22(4,5)6;/h11,17,19H,8-10,12-16H2,1-7H3,(H,23,24)(H,25,27);1H. The third kappa shape index (κ3) is 12.6. The maximum Gasteiger partial charge on any atom is 0.407 e. The molecule has 1 aliphatic rings. The lowest BCUT2D eigenvalue weighted by Gasteiger charge is -2.28. The third-order valence-corrected chi connectivity index (χ3v) is 4.73. The molecular formula is C22H43IN4O3. The van der Waals surface area contributed by atoms with Gasteiger partial charge in [-0.3, -0.25) is 4.99 Å². The van der Waals surface area contributed by atoms with Crippen LogP contribution in [0.2, 0.25) is 0 Å². The number of hydrogen-bond acceptors (Lipinski definition) is 4. The summed E-state index contributed by atoms with van der Waals surface area (Å²) in [6, 6.07) is 0.0440. The van der Waals surface area contributed by atoms with Crippen molar-refractivity contribution in [2.45, 2.75) is 72.4 Å². The number of halogens is 1. The molecule has 0 aliphatic carbocycles. The highest BCUT2D eigenvalue weighted by Gasteiger charge is 2.22. The number of hydrogen-bond donors (Lipinski definition) is 2. The Bertz CT molecular complexity index is 559. The number of rotatable bonds is 9. The van der Waals surface area contributed by atoms with Gasteiger partial charge in [0.2, 0.25) is 0 Å². The van der Waals surface area contributed by atoms with Gasteiger partial charge in [-0.1, -0.05) is 25.5 Å². The monoisotopic (exact) mass is 538 g/mol. The van der Waals surface area contributed by atoms with E-state index in [1.807, 2.05) is 27.8 Å². The number of carbonyl (C=O) groups is 1. The van der Waals surface area contributed by atoms with Crippen LogP contribution in [0.1, 0.15) is 60.8 Å². The molecule has 1 atom stereocenters. The lowest BCUT2D eigenvalue weighted by Crippen LogP contribution is -2.45.